The number of hydrogen-bond donors (Lipinski definition) is 0. The van der Waals surface area contributed by atoms with Crippen LogP contribution < -0.4 is 5.19 Å². The molecule has 5 nitrogen and oxygen atoms in total. The summed E-state index contributed by atoms with van der Waals surface area (Å²) >= 11 is 0. The van der Waals surface area contributed by atoms with Crippen LogP contribution in [0.4, 0.5) is 0 Å². The van der Waals surface area contributed by atoms with E-state index in [-0.39, 0.29) is 20.1 Å². The Balaban J connectivity index is 0.000000223. The zero-order chi connectivity index (χ0) is 39.9. The fraction of sp³-hybridized carbons (Fsp3) is 0.300. The summed E-state index contributed by atoms with van der Waals surface area (Å²) in [5, 5.41) is 3.67. The van der Waals surface area contributed by atoms with Crippen molar-refractivity contribution in [2.24, 2.45) is 5.92 Å². The molecule has 0 atom stereocenters. The van der Waals surface area contributed by atoms with Gasteiger partial charge in [0.2, 0.25) is 0 Å². The molecule has 7 heteroatoms. The molecule has 295 valence electrons. The predicted octanol–water partition coefficient (Wildman–Crippen LogP) is 12.9. The molecule has 4 heterocycles. The zero-order valence-electron chi connectivity index (χ0n) is 35.2. The van der Waals surface area contributed by atoms with E-state index in [4.69, 9.17) is 9.40 Å². The number of pyridine rings is 2. The van der Waals surface area contributed by atoms with E-state index < -0.39 is 8.07 Å². The van der Waals surface area contributed by atoms with Gasteiger partial charge in [-0.1, -0.05) is 120 Å². The van der Waals surface area contributed by atoms with E-state index in [1.807, 2.05) is 54.9 Å². The number of nitrogens with zero attached hydrogens (tertiary/aromatic N) is 4. The van der Waals surface area contributed by atoms with Gasteiger partial charge in [0.1, 0.15) is 5.58 Å². The number of imidazole rings is 1. The molecule has 0 unspecified atom stereocenters. The van der Waals surface area contributed by atoms with Gasteiger partial charge in [0.15, 0.2) is 0 Å². The SMILES string of the molecule is CC(C)Cc1cc(-c2[c-]cccc2)ncc1[Si](C)(C)C.Cc1cc(C(C)C)c(-n2c(-c3[c-]ccc4c3oc3ccccc34)nc3cncc(C)c32)c(C(C)C)c1.[Ir]. The van der Waals surface area contributed by atoms with E-state index in [0.29, 0.717) is 17.8 Å². The van der Waals surface area contributed by atoms with Crippen molar-refractivity contribution < 1.29 is 24.5 Å². The summed E-state index contributed by atoms with van der Waals surface area (Å²) in [5.41, 5.74) is 14.3. The fourth-order valence-electron chi connectivity index (χ4n) is 7.88. The molecule has 0 bridgehead atoms. The molecule has 1 radical (unpaired) electrons. The largest absolute Gasteiger partial charge is 0.501 e. The average Bonchev–Trinajstić information content (AvgIpc) is 3.74. The van der Waals surface area contributed by atoms with Gasteiger partial charge in [-0.25, -0.2) is 0 Å². The van der Waals surface area contributed by atoms with E-state index in [0.717, 1.165) is 67.6 Å². The molecule has 0 aliphatic heterocycles. The number of rotatable bonds is 8. The molecule has 8 aromatic rings. The normalized spacial score (nSPS) is 11.8. The number of hydrogen-bond acceptors (Lipinski definition) is 4. The van der Waals surface area contributed by atoms with Crippen LogP contribution in [-0.4, -0.2) is 27.6 Å². The maximum atomic E-state index is 6.43. The second kappa shape index (κ2) is 17.0. The van der Waals surface area contributed by atoms with Gasteiger partial charge in [-0.2, -0.15) is 0 Å². The summed E-state index contributed by atoms with van der Waals surface area (Å²) < 4.78 is 8.77. The smallest absolute Gasteiger partial charge is 0.120 e. The van der Waals surface area contributed by atoms with Crippen molar-refractivity contribution in [2.45, 2.75) is 93.3 Å². The molecule has 0 amide bonds. The maximum absolute atomic E-state index is 6.43. The summed E-state index contributed by atoms with van der Waals surface area (Å²) in [6, 6.07) is 34.0. The molecule has 8 rings (SSSR count). The fourth-order valence-corrected chi connectivity index (χ4v) is 9.47. The van der Waals surface area contributed by atoms with Crippen LogP contribution in [0.25, 0.3) is 61.3 Å². The first-order chi connectivity index (χ1) is 26.7. The molecule has 0 fully saturated rings. The van der Waals surface area contributed by atoms with Gasteiger partial charge in [-0.3, -0.25) is 9.97 Å². The second-order valence-electron chi connectivity index (χ2n) is 17.2. The Labute approximate surface area is 353 Å². The van der Waals surface area contributed by atoms with Crippen molar-refractivity contribution in [2.75, 3.05) is 0 Å². The van der Waals surface area contributed by atoms with Gasteiger partial charge in [0.25, 0.3) is 0 Å². The van der Waals surface area contributed by atoms with Crippen molar-refractivity contribution in [3.8, 4) is 28.3 Å². The Morgan fingerprint density at radius 2 is 1.47 bits per heavy atom. The first-order valence-corrected chi connectivity index (χ1v) is 23.5. The summed E-state index contributed by atoms with van der Waals surface area (Å²) in [5.74, 6) is 2.19. The Bertz CT molecular complexity index is 2640. The van der Waals surface area contributed by atoms with Gasteiger partial charge in [0.05, 0.1) is 36.7 Å². The summed E-state index contributed by atoms with van der Waals surface area (Å²) in [7, 11) is -1.34. The molecule has 0 aliphatic rings. The topological polar surface area (TPSA) is 56.7 Å². The second-order valence-corrected chi connectivity index (χ2v) is 22.3. The van der Waals surface area contributed by atoms with E-state index in [1.54, 1.807) is 0 Å². The average molecular weight is 947 g/mol. The molecule has 0 N–H and O–H groups in total. The molecule has 0 saturated heterocycles. The minimum atomic E-state index is -1.34. The number of furan rings is 1. The van der Waals surface area contributed by atoms with Gasteiger partial charge >= 0.3 is 0 Å². The molecule has 4 aromatic heterocycles. The van der Waals surface area contributed by atoms with Crippen LogP contribution in [0.5, 0.6) is 0 Å². The number of fused-ring (bicyclic) bond motifs is 4. The molecule has 0 aliphatic carbocycles. The minimum absolute atomic E-state index is 0. The quantitative estimate of drug-likeness (QED) is 0.112. The summed E-state index contributed by atoms with van der Waals surface area (Å²) in [4.78, 5) is 14.3. The molecule has 0 spiro atoms. The van der Waals surface area contributed by atoms with Crippen molar-refractivity contribution in [3.63, 3.8) is 0 Å². The van der Waals surface area contributed by atoms with E-state index in [1.165, 1.54) is 33.1 Å². The maximum Gasteiger partial charge on any atom is 0.120 e. The molecule has 4 aromatic carbocycles. The molecule has 57 heavy (non-hydrogen) atoms. The van der Waals surface area contributed by atoms with Crippen LogP contribution in [0, 0.1) is 31.9 Å². The first kappa shape index (κ1) is 41.9. The van der Waals surface area contributed by atoms with E-state index in [9.17, 15) is 0 Å². The van der Waals surface area contributed by atoms with Crippen LogP contribution >= 0.6 is 0 Å². The van der Waals surface area contributed by atoms with Crippen molar-refractivity contribution in [1.82, 2.24) is 19.5 Å². The number of para-hydroxylation sites is 1. The Morgan fingerprint density at radius 3 is 2.12 bits per heavy atom. The standard InChI is InChI=1S/C32H30N3O.C18H24NSi.Ir/c1-18(2)25-14-20(5)15-26(19(3)4)30(25)35-29-21(6)16-33-17-27(29)34-32(35)24-12-9-11-23-22-10-7-8-13-28(22)36-31(23)24;1-14(2)11-16-12-17(15-9-7-6-8-10-15)19-13-18(16)20(3,4)5;/h7-11,13-19H,1-6H3;6-9,12-14H,11H2,1-5H3;/q2*-1;. The number of aromatic nitrogens is 4. The van der Waals surface area contributed by atoms with Gasteiger partial charge in [0, 0.05) is 43.6 Å². The third-order valence-corrected chi connectivity index (χ3v) is 12.6. The van der Waals surface area contributed by atoms with E-state index in [2.05, 4.69) is 144 Å². The number of benzene rings is 4. The third kappa shape index (κ3) is 8.48. The van der Waals surface area contributed by atoms with Crippen LogP contribution in [0.15, 0.2) is 102 Å². The summed E-state index contributed by atoms with van der Waals surface area (Å²) in [6.45, 7) is 25.1. The molecule has 0 saturated carbocycles. The van der Waals surface area contributed by atoms with Gasteiger partial charge < -0.3 is 14.0 Å². The van der Waals surface area contributed by atoms with Crippen molar-refractivity contribution >= 4 is 46.2 Å². The first-order valence-electron chi connectivity index (χ1n) is 20.0. The Hall–Kier alpha value is -4.68. The zero-order valence-corrected chi connectivity index (χ0v) is 38.6. The Kier molecular flexibility index (Phi) is 12.5. The summed E-state index contributed by atoms with van der Waals surface area (Å²) in [6.07, 6.45) is 7.02. The van der Waals surface area contributed by atoms with Gasteiger partial charge in [-0.05, 0) is 71.7 Å². The van der Waals surface area contributed by atoms with Crippen LogP contribution in [0.3, 0.4) is 0 Å². The predicted molar refractivity (Wildman–Crippen MR) is 238 cm³/mol. The third-order valence-electron chi connectivity index (χ3n) is 10.5. The Morgan fingerprint density at radius 1 is 0.772 bits per heavy atom. The van der Waals surface area contributed by atoms with Crippen molar-refractivity contribution in [1.29, 1.82) is 0 Å². The molecular weight excluding hydrogens is 893 g/mol. The van der Waals surface area contributed by atoms with Crippen LogP contribution in [0.1, 0.15) is 81.2 Å². The number of aryl methyl sites for hydroxylation is 2. The van der Waals surface area contributed by atoms with Gasteiger partial charge in [-0.15, -0.1) is 54.1 Å². The minimum Gasteiger partial charge on any atom is -0.501 e. The monoisotopic (exact) mass is 947 g/mol. The van der Waals surface area contributed by atoms with Crippen LogP contribution in [-0.2, 0) is 26.5 Å². The molecular formula is C50H54IrN4OSi-2. The van der Waals surface area contributed by atoms with Crippen molar-refractivity contribution in [3.05, 3.63) is 137 Å². The van der Waals surface area contributed by atoms with Crippen LogP contribution in [0.2, 0.25) is 19.6 Å². The van der Waals surface area contributed by atoms with E-state index >= 15 is 0 Å².